The number of hydrogen-bond donors (Lipinski definition) is 1. The fourth-order valence-electron chi connectivity index (χ4n) is 1.56. The molecule has 0 saturated carbocycles. The monoisotopic (exact) mass is 239 g/mol. The van der Waals surface area contributed by atoms with Gasteiger partial charge in [-0.15, -0.1) is 0 Å². The van der Waals surface area contributed by atoms with Crippen LogP contribution in [-0.2, 0) is 6.54 Å². The van der Waals surface area contributed by atoms with Crippen LogP contribution in [0, 0.1) is 0 Å². The van der Waals surface area contributed by atoms with E-state index in [9.17, 15) is 0 Å². The molecule has 0 atom stereocenters. The lowest BCUT2D eigenvalue weighted by molar-refractivity contribution is 0.677. The largest absolute Gasteiger partial charge is 0.377 e. The molecule has 0 aliphatic carbocycles. The first-order valence-corrected chi connectivity index (χ1v) is 6.95. The van der Waals surface area contributed by atoms with Crippen LogP contribution in [-0.4, -0.2) is 37.6 Å². The quantitative estimate of drug-likeness (QED) is 0.737. The zero-order valence-corrected chi connectivity index (χ0v) is 11.2. The van der Waals surface area contributed by atoms with E-state index in [-0.39, 0.29) is 0 Å². The molecule has 4 heteroatoms. The van der Waals surface area contributed by atoms with Crippen molar-refractivity contribution in [2.75, 3.05) is 37.5 Å². The maximum absolute atomic E-state index is 4.17. The number of thioether (sulfide) groups is 1. The molecule has 0 aromatic carbocycles. The van der Waals surface area contributed by atoms with Gasteiger partial charge in [0, 0.05) is 44.3 Å². The SMILES string of the molecule is CSCCCNCc1cnccc1N(C)C. The summed E-state index contributed by atoms with van der Waals surface area (Å²) in [5, 5.41) is 3.45. The predicted octanol–water partition coefficient (Wildman–Crippen LogP) is 1.99. The average Bonchev–Trinajstić information content (AvgIpc) is 2.29. The molecular formula is C12H21N3S. The Bertz CT molecular complexity index is 302. The number of anilines is 1. The van der Waals surface area contributed by atoms with Crippen molar-refractivity contribution in [3.05, 3.63) is 24.0 Å². The number of nitrogens with one attached hydrogen (secondary N) is 1. The van der Waals surface area contributed by atoms with Gasteiger partial charge in [-0.25, -0.2) is 0 Å². The number of pyridine rings is 1. The zero-order valence-electron chi connectivity index (χ0n) is 10.4. The van der Waals surface area contributed by atoms with E-state index in [1.165, 1.54) is 23.4 Å². The van der Waals surface area contributed by atoms with Gasteiger partial charge in [-0.1, -0.05) is 0 Å². The van der Waals surface area contributed by atoms with Gasteiger partial charge in [0.1, 0.15) is 0 Å². The molecule has 0 amide bonds. The van der Waals surface area contributed by atoms with E-state index >= 15 is 0 Å². The van der Waals surface area contributed by atoms with E-state index in [1.807, 2.05) is 24.2 Å². The standard InChI is InChI=1S/C12H21N3S/c1-15(2)12-5-7-14-10-11(12)9-13-6-4-8-16-3/h5,7,10,13H,4,6,8-9H2,1-3H3. The Balaban J connectivity index is 2.41. The summed E-state index contributed by atoms with van der Waals surface area (Å²) in [5.41, 5.74) is 2.50. The van der Waals surface area contributed by atoms with Gasteiger partial charge >= 0.3 is 0 Å². The number of nitrogens with zero attached hydrogens (tertiary/aromatic N) is 2. The summed E-state index contributed by atoms with van der Waals surface area (Å²) in [7, 11) is 4.12. The van der Waals surface area contributed by atoms with Crippen LogP contribution in [0.15, 0.2) is 18.5 Å². The second-order valence-corrected chi connectivity index (χ2v) is 4.91. The minimum Gasteiger partial charge on any atom is -0.377 e. The Morgan fingerprint density at radius 2 is 2.25 bits per heavy atom. The molecular weight excluding hydrogens is 218 g/mol. The molecule has 1 N–H and O–H groups in total. The lowest BCUT2D eigenvalue weighted by Gasteiger charge is -2.17. The number of rotatable bonds is 7. The Hall–Kier alpha value is -0.740. The third-order valence-electron chi connectivity index (χ3n) is 2.38. The minimum absolute atomic E-state index is 0.899. The Labute approximate surface area is 103 Å². The maximum atomic E-state index is 4.17. The van der Waals surface area contributed by atoms with Crippen molar-refractivity contribution < 1.29 is 0 Å². The molecule has 1 aromatic heterocycles. The first-order valence-electron chi connectivity index (χ1n) is 5.55. The smallest absolute Gasteiger partial charge is 0.0437 e. The summed E-state index contributed by atoms with van der Waals surface area (Å²) in [5.74, 6) is 1.22. The Morgan fingerprint density at radius 3 is 2.94 bits per heavy atom. The van der Waals surface area contributed by atoms with Gasteiger partial charge in [-0.3, -0.25) is 4.98 Å². The van der Waals surface area contributed by atoms with Crippen molar-refractivity contribution in [3.63, 3.8) is 0 Å². The lowest BCUT2D eigenvalue weighted by atomic mass is 10.2. The topological polar surface area (TPSA) is 28.2 Å². The van der Waals surface area contributed by atoms with Gasteiger partial charge in [0.05, 0.1) is 0 Å². The van der Waals surface area contributed by atoms with E-state index in [2.05, 4.69) is 41.6 Å². The van der Waals surface area contributed by atoms with Crippen molar-refractivity contribution in [3.8, 4) is 0 Å². The van der Waals surface area contributed by atoms with E-state index in [0.717, 1.165) is 13.1 Å². The first-order chi connectivity index (χ1) is 7.75. The van der Waals surface area contributed by atoms with E-state index in [1.54, 1.807) is 0 Å². The number of hydrogen-bond acceptors (Lipinski definition) is 4. The molecule has 0 aliphatic heterocycles. The average molecular weight is 239 g/mol. The molecule has 0 aliphatic rings. The number of aromatic nitrogens is 1. The van der Waals surface area contributed by atoms with Crippen molar-refractivity contribution in [2.45, 2.75) is 13.0 Å². The second-order valence-electron chi connectivity index (χ2n) is 3.92. The van der Waals surface area contributed by atoms with Crippen LogP contribution in [0.5, 0.6) is 0 Å². The second kappa shape index (κ2) is 7.52. The highest BCUT2D eigenvalue weighted by molar-refractivity contribution is 7.98. The maximum Gasteiger partial charge on any atom is 0.0437 e. The van der Waals surface area contributed by atoms with Gasteiger partial charge in [0.25, 0.3) is 0 Å². The summed E-state index contributed by atoms with van der Waals surface area (Å²) < 4.78 is 0. The van der Waals surface area contributed by atoms with Crippen LogP contribution < -0.4 is 10.2 Å². The first kappa shape index (κ1) is 13.3. The molecule has 16 heavy (non-hydrogen) atoms. The van der Waals surface area contributed by atoms with E-state index < -0.39 is 0 Å². The molecule has 0 fully saturated rings. The van der Waals surface area contributed by atoms with Gasteiger partial charge < -0.3 is 10.2 Å². The molecule has 3 nitrogen and oxygen atoms in total. The Morgan fingerprint density at radius 1 is 1.44 bits per heavy atom. The molecule has 0 bridgehead atoms. The van der Waals surface area contributed by atoms with E-state index in [0.29, 0.717) is 0 Å². The van der Waals surface area contributed by atoms with Gasteiger partial charge in [-0.2, -0.15) is 11.8 Å². The van der Waals surface area contributed by atoms with Crippen LogP contribution in [0.4, 0.5) is 5.69 Å². The molecule has 0 spiro atoms. The van der Waals surface area contributed by atoms with Crippen LogP contribution in [0.1, 0.15) is 12.0 Å². The lowest BCUT2D eigenvalue weighted by Crippen LogP contribution is -2.19. The third-order valence-corrected chi connectivity index (χ3v) is 3.07. The normalized spacial score (nSPS) is 10.4. The predicted molar refractivity (Wildman–Crippen MR) is 73.3 cm³/mol. The summed E-state index contributed by atoms with van der Waals surface area (Å²) in [6.45, 7) is 1.97. The highest BCUT2D eigenvalue weighted by Gasteiger charge is 2.02. The van der Waals surface area contributed by atoms with Crippen molar-refractivity contribution in [2.24, 2.45) is 0 Å². The summed E-state index contributed by atoms with van der Waals surface area (Å²) >= 11 is 1.90. The summed E-state index contributed by atoms with van der Waals surface area (Å²) in [6, 6.07) is 2.05. The van der Waals surface area contributed by atoms with E-state index in [4.69, 9.17) is 0 Å². The van der Waals surface area contributed by atoms with Crippen LogP contribution in [0.25, 0.3) is 0 Å². The van der Waals surface area contributed by atoms with Crippen molar-refractivity contribution in [1.82, 2.24) is 10.3 Å². The van der Waals surface area contributed by atoms with Gasteiger partial charge in [0.2, 0.25) is 0 Å². The fraction of sp³-hybridized carbons (Fsp3) is 0.583. The molecule has 1 heterocycles. The summed E-state index contributed by atoms with van der Waals surface area (Å²) in [6.07, 6.45) is 7.15. The fourth-order valence-corrected chi connectivity index (χ4v) is 1.99. The molecule has 1 aromatic rings. The highest BCUT2D eigenvalue weighted by Crippen LogP contribution is 2.15. The molecule has 90 valence electrons. The molecule has 0 saturated heterocycles. The van der Waals surface area contributed by atoms with Crippen molar-refractivity contribution >= 4 is 17.4 Å². The zero-order chi connectivity index (χ0) is 11.8. The van der Waals surface area contributed by atoms with Crippen LogP contribution in [0.2, 0.25) is 0 Å². The minimum atomic E-state index is 0.899. The Kier molecular flexibility index (Phi) is 6.26. The van der Waals surface area contributed by atoms with Crippen molar-refractivity contribution in [1.29, 1.82) is 0 Å². The van der Waals surface area contributed by atoms with Gasteiger partial charge in [0.15, 0.2) is 0 Å². The summed E-state index contributed by atoms with van der Waals surface area (Å²) in [4.78, 5) is 6.30. The third kappa shape index (κ3) is 4.41. The molecule has 0 radical (unpaired) electrons. The van der Waals surface area contributed by atoms with Crippen LogP contribution >= 0.6 is 11.8 Å². The van der Waals surface area contributed by atoms with Crippen LogP contribution in [0.3, 0.4) is 0 Å². The highest BCUT2D eigenvalue weighted by atomic mass is 32.2. The molecule has 1 rings (SSSR count). The molecule has 0 unspecified atom stereocenters. The van der Waals surface area contributed by atoms with Gasteiger partial charge in [-0.05, 0) is 31.0 Å².